The molecule has 88 valence electrons. The number of nitrogens with zero attached hydrogens (tertiary/aromatic N) is 3. The summed E-state index contributed by atoms with van der Waals surface area (Å²) in [5, 5.41) is 10.3. The first-order chi connectivity index (χ1) is 7.59. The molecule has 0 amide bonds. The molecule has 0 spiro atoms. The van der Waals surface area contributed by atoms with Crippen LogP contribution in [0, 0.1) is 6.92 Å². The number of aliphatic hydroxyl groups is 1. The average Bonchev–Trinajstić information content (AvgIpc) is 2.65. The van der Waals surface area contributed by atoms with Crippen LogP contribution in [0.5, 0.6) is 0 Å². The van der Waals surface area contributed by atoms with Crippen molar-refractivity contribution in [2.45, 2.75) is 38.2 Å². The molecular weight excluding hydrogens is 202 g/mol. The molecule has 4 nitrogen and oxygen atoms in total. The van der Waals surface area contributed by atoms with Gasteiger partial charge >= 0.3 is 0 Å². The Morgan fingerprint density at radius 1 is 1.44 bits per heavy atom. The van der Waals surface area contributed by atoms with Gasteiger partial charge in [0.1, 0.15) is 0 Å². The highest BCUT2D eigenvalue weighted by atomic mass is 16.3. The van der Waals surface area contributed by atoms with E-state index in [4.69, 9.17) is 0 Å². The minimum Gasteiger partial charge on any atom is -0.388 e. The van der Waals surface area contributed by atoms with Crippen LogP contribution in [0.2, 0.25) is 0 Å². The molecule has 2 rings (SSSR count). The van der Waals surface area contributed by atoms with E-state index >= 15 is 0 Å². The fourth-order valence-corrected chi connectivity index (χ4v) is 2.32. The lowest BCUT2D eigenvalue weighted by Gasteiger charge is -2.28. The average molecular weight is 221 g/mol. The number of likely N-dealkylation sites (N-methyl/N-ethyl adjacent to an activating group) is 1. The Kier molecular flexibility index (Phi) is 3.10. The molecule has 1 aromatic heterocycles. The van der Waals surface area contributed by atoms with E-state index in [1.807, 2.05) is 24.9 Å². The molecule has 0 bridgehead atoms. The lowest BCUT2D eigenvalue weighted by molar-refractivity contribution is 0.0556. The number of hydrogen-bond acceptors (Lipinski definition) is 4. The Bertz CT molecular complexity index is 361. The van der Waals surface area contributed by atoms with Gasteiger partial charge < -0.3 is 10.0 Å². The van der Waals surface area contributed by atoms with Crippen molar-refractivity contribution in [1.82, 2.24) is 9.97 Å². The van der Waals surface area contributed by atoms with E-state index in [9.17, 15) is 5.11 Å². The first-order valence-electron chi connectivity index (χ1n) is 5.82. The van der Waals surface area contributed by atoms with Gasteiger partial charge in [-0.25, -0.2) is 9.97 Å². The van der Waals surface area contributed by atoms with Crippen molar-refractivity contribution in [3.63, 3.8) is 0 Å². The van der Waals surface area contributed by atoms with E-state index in [0.29, 0.717) is 12.5 Å². The van der Waals surface area contributed by atoms with Gasteiger partial charge in [-0.15, -0.1) is 0 Å². The first-order valence-corrected chi connectivity index (χ1v) is 5.82. The van der Waals surface area contributed by atoms with Crippen LogP contribution < -0.4 is 4.90 Å². The highest BCUT2D eigenvalue weighted by molar-refractivity contribution is 5.29. The van der Waals surface area contributed by atoms with Crippen LogP contribution >= 0.6 is 0 Å². The summed E-state index contributed by atoms with van der Waals surface area (Å²) in [5.41, 5.74) is 0.414. The van der Waals surface area contributed by atoms with Gasteiger partial charge in [0.15, 0.2) is 0 Å². The minimum absolute atomic E-state index is 0.540. The zero-order chi connectivity index (χ0) is 11.6. The summed E-state index contributed by atoms with van der Waals surface area (Å²) in [6.07, 6.45) is 5.79. The van der Waals surface area contributed by atoms with Crippen molar-refractivity contribution < 1.29 is 5.11 Å². The van der Waals surface area contributed by atoms with Crippen molar-refractivity contribution in [3.8, 4) is 0 Å². The van der Waals surface area contributed by atoms with Gasteiger partial charge in [-0.2, -0.15) is 0 Å². The maximum absolute atomic E-state index is 10.3. The van der Waals surface area contributed by atoms with Gasteiger partial charge in [0, 0.05) is 25.5 Å². The molecule has 1 aliphatic rings. The summed E-state index contributed by atoms with van der Waals surface area (Å²) in [7, 11) is 1.94. The van der Waals surface area contributed by atoms with Gasteiger partial charge in [-0.3, -0.25) is 0 Å². The molecule has 0 aliphatic heterocycles. The Morgan fingerprint density at radius 2 is 2.12 bits per heavy atom. The molecule has 1 N–H and O–H groups in total. The number of anilines is 1. The van der Waals surface area contributed by atoms with E-state index in [0.717, 1.165) is 31.4 Å². The highest BCUT2D eigenvalue weighted by Crippen LogP contribution is 2.30. The molecule has 0 aromatic carbocycles. The third-order valence-corrected chi connectivity index (χ3v) is 3.19. The van der Waals surface area contributed by atoms with Crippen LogP contribution in [0.1, 0.15) is 31.4 Å². The minimum atomic E-state index is -0.540. The van der Waals surface area contributed by atoms with Crippen LogP contribution in [0.4, 0.5) is 5.95 Å². The second kappa shape index (κ2) is 4.37. The molecule has 1 aromatic rings. The predicted octanol–water partition coefficient (Wildman–Crippen LogP) is 1.53. The Morgan fingerprint density at radius 3 is 2.75 bits per heavy atom. The SMILES string of the molecule is Cc1ccnc(N(C)CC2(O)CCCC2)n1. The second-order valence-corrected chi connectivity index (χ2v) is 4.79. The van der Waals surface area contributed by atoms with Gasteiger partial charge in [-0.05, 0) is 25.8 Å². The molecule has 16 heavy (non-hydrogen) atoms. The van der Waals surface area contributed by atoms with Crippen molar-refractivity contribution in [3.05, 3.63) is 18.0 Å². The molecule has 1 saturated carbocycles. The molecule has 4 heteroatoms. The molecule has 1 fully saturated rings. The van der Waals surface area contributed by atoms with Crippen LogP contribution in [0.25, 0.3) is 0 Å². The maximum atomic E-state index is 10.3. The standard InChI is InChI=1S/C12H19N3O/c1-10-5-8-13-11(14-10)15(2)9-12(16)6-3-4-7-12/h5,8,16H,3-4,6-7,9H2,1-2H3. The summed E-state index contributed by atoms with van der Waals surface area (Å²) in [5.74, 6) is 0.695. The summed E-state index contributed by atoms with van der Waals surface area (Å²) in [6.45, 7) is 2.57. The van der Waals surface area contributed by atoms with Crippen LogP contribution in [-0.2, 0) is 0 Å². The zero-order valence-corrected chi connectivity index (χ0v) is 9.98. The van der Waals surface area contributed by atoms with Crippen LogP contribution in [-0.4, -0.2) is 34.3 Å². The van der Waals surface area contributed by atoms with Crippen molar-refractivity contribution in [1.29, 1.82) is 0 Å². The topological polar surface area (TPSA) is 49.2 Å². The molecular formula is C12H19N3O. The number of aromatic nitrogens is 2. The number of rotatable bonds is 3. The van der Waals surface area contributed by atoms with E-state index in [2.05, 4.69) is 9.97 Å². The Hall–Kier alpha value is -1.16. The van der Waals surface area contributed by atoms with E-state index in [1.54, 1.807) is 6.20 Å². The van der Waals surface area contributed by atoms with Gasteiger partial charge in [-0.1, -0.05) is 12.8 Å². The molecule has 1 aliphatic carbocycles. The fraction of sp³-hybridized carbons (Fsp3) is 0.667. The smallest absolute Gasteiger partial charge is 0.225 e. The molecule has 0 atom stereocenters. The molecule has 0 saturated heterocycles. The largest absolute Gasteiger partial charge is 0.388 e. The fourth-order valence-electron chi connectivity index (χ4n) is 2.32. The first kappa shape index (κ1) is 11.3. The van der Waals surface area contributed by atoms with E-state index < -0.39 is 5.60 Å². The van der Waals surface area contributed by atoms with Crippen molar-refractivity contribution >= 4 is 5.95 Å². The van der Waals surface area contributed by atoms with E-state index in [-0.39, 0.29) is 0 Å². The second-order valence-electron chi connectivity index (χ2n) is 4.79. The lowest BCUT2D eigenvalue weighted by atomic mass is 10.0. The number of hydrogen-bond donors (Lipinski definition) is 1. The molecule has 0 radical (unpaired) electrons. The molecule has 1 heterocycles. The third-order valence-electron chi connectivity index (χ3n) is 3.19. The summed E-state index contributed by atoms with van der Waals surface area (Å²) >= 11 is 0. The van der Waals surface area contributed by atoms with Gasteiger partial charge in [0.05, 0.1) is 5.60 Å². The lowest BCUT2D eigenvalue weighted by Crippen LogP contribution is -2.39. The summed E-state index contributed by atoms with van der Waals surface area (Å²) < 4.78 is 0. The Balaban J connectivity index is 2.05. The third kappa shape index (κ3) is 2.50. The highest BCUT2D eigenvalue weighted by Gasteiger charge is 2.32. The normalized spacial score (nSPS) is 18.7. The van der Waals surface area contributed by atoms with Crippen LogP contribution in [0.15, 0.2) is 12.3 Å². The van der Waals surface area contributed by atoms with Crippen LogP contribution in [0.3, 0.4) is 0 Å². The van der Waals surface area contributed by atoms with Crippen molar-refractivity contribution in [2.75, 3.05) is 18.5 Å². The summed E-state index contributed by atoms with van der Waals surface area (Å²) in [4.78, 5) is 10.5. The predicted molar refractivity (Wildman–Crippen MR) is 63.5 cm³/mol. The summed E-state index contributed by atoms with van der Waals surface area (Å²) in [6, 6.07) is 1.88. The molecule has 0 unspecified atom stereocenters. The van der Waals surface area contributed by atoms with E-state index in [1.165, 1.54) is 0 Å². The maximum Gasteiger partial charge on any atom is 0.225 e. The van der Waals surface area contributed by atoms with Crippen molar-refractivity contribution in [2.24, 2.45) is 0 Å². The quantitative estimate of drug-likeness (QED) is 0.841. The monoisotopic (exact) mass is 221 g/mol. The van der Waals surface area contributed by atoms with Gasteiger partial charge in [0.25, 0.3) is 0 Å². The zero-order valence-electron chi connectivity index (χ0n) is 9.98. The number of aryl methyl sites for hydroxylation is 1. The Labute approximate surface area is 96.3 Å². The van der Waals surface area contributed by atoms with Gasteiger partial charge in [0.2, 0.25) is 5.95 Å².